The number of rotatable bonds is 2. The summed E-state index contributed by atoms with van der Waals surface area (Å²) in [6, 6.07) is 3.56. The van der Waals surface area contributed by atoms with Crippen LogP contribution in [0.5, 0.6) is 0 Å². The SMILES string of the molecule is Brc1ccc(-c2noc([C@@H]3CNCCO3)n2)o1. The van der Waals surface area contributed by atoms with Gasteiger partial charge in [-0.3, -0.25) is 0 Å². The number of halogens is 1. The largest absolute Gasteiger partial charge is 0.446 e. The Kier molecular flexibility index (Phi) is 2.96. The summed E-state index contributed by atoms with van der Waals surface area (Å²) < 4.78 is 16.7. The molecule has 1 N–H and O–H groups in total. The lowest BCUT2D eigenvalue weighted by molar-refractivity contribution is 0.00755. The lowest BCUT2D eigenvalue weighted by Crippen LogP contribution is -2.33. The van der Waals surface area contributed by atoms with Crippen molar-refractivity contribution in [2.75, 3.05) is 19.7 Å². The molecule has 0 aromatic carbocycles. The van der Waals surface area contributed by atoms with Crippen molar-refractivity contribution in [2.24, 2.45) is 0 Å². The minimum Gasteiger partial charge on any atom is -0.446 e. The molecule has 0 unspecified atom stereocenters. The Morgan fingerprint density at radius 2 is 2.35 bits per heavy atom. The molecule has 1 saturated heterocycles. The standard InChI is InChI=1S/C10H10BrN3O3/c11-8-2-1-6(16-8)9-13-10(17-14-9)7-5-12-3-4-15-7/h1-2,7,12H,3-5H2/t7-/m0/s1. The first kappa shape index (κ1) is 10.9. The molecular weight excluding hydrogens is 290 g/mol. The summed E-state index contributed by atoms with van der Waals surface area (Å²) >= 11 is 3.23. The molecule has 0 bridgehead atoms. The third-order valence-corrected chi connectivity index (χ3v) is 2.86. The summed E-state index contributed by atoms with van der Waals surface area (Å²) in [6.07, 6.45) is -0.177. The third kappa shape index (κ3) is 2.26. The molecule has 1 aliphatic rings. The van der Waals surface area contributed by atoms with Gasteiger partial charge in [0.05, 0.1) is 6.61 Å². The van der Waals surface area contributed by atoms with Gasteiger partial charge in [-0.15, -0.1) is 0 Å². The van der Waals surface area contributed by atoms with Crippen LogP contribution < -0.4 is 5.32 Å². The first-order chi connectivity index (χ1) is 8.33. The van der Waals surface area contributed by atoms with Crippen molar-refractivity contribution in [3.05, 3.63) is 22.7 Å². The van der Waals surface area contributed by atoms with Crippen molar-refractivity contribution in [3.8, 4) is 11.6 Å². The topological polar surface area (TPSA) is 73.3 Å². The van der Waals surface area contributed by atoms with Crippen molar-refractivity contribution in [2.45, 2.75) is 6.10 Å². The monoisotopic (exact) mass is 299 g/mol. The van der Waals surface area contributed by atoms with Crippen LogP contribution in [0.25, 0.3) is 11.6 Å². The molecule has 1 atom stereocenters. The maximum Gasteiger partial charge on any atom is 0.257 e. The van der Waals surface area contributed by atoms with Crippen molar-refractivity contribution >= 4 is 15.9 Å². The molecule has 0 spiro atoms. The van der Waals surface area contributed by atoms with E-state index in [4.69, 9.17) is 13.7 Å². The highest BCUT2D eigenvalue weighted by molar-refractivity contribution is 9.10. The van der Waals surface area contributed by atoms with Crippen LogP contribution in [-0.2, 0) is 4.74 Å². The zero-order valence-corrected chi connectivity index (χ0v) is 10.4. The molecule has 3 rings (SSSR count). The summed E-state index contributed by atoms with van der Waals surface area (Å²) in [4.78, 5) is 4.26. The van der Waals surface area contributed by atoms with Crippen LogP contribution in [0.15, 0.2) is 25.7 Å². The lowest BCUT2D eigenvalue weighted by Gasteiger charge is -2.19. The predicted molar refractivity (Wildman–Crippen MR) is 61.3 cm³/mol. The van der Waals surface area contributed by atoms with Gasteiger partial charge in [-0.25, -0.2) is 0 Å². The van der Waals surface area contributed by atoms with Gasteiger partial charge in [0.2, 0.25) is 5.82 Å². The van der Waals surface area contributed by atoms with E-state index in [1.54, 1.807) is 12.1 Å². The quantitative estimate of drug-likeness (QED) is 0.911. The number of morpholine rings is 1. The zero-order valence-electron chi connectivity index (χ0n) is 8.85. The van der Waals surface area contributed by atoms with Crippen LogP contribution in [0.3, 0.4) is 0 Å². The van der Waals surface area contributed by atoms with E-state index in [0.29, 0.717) is 35.3 Å². The molecule has 0 radical (unpaired) electrons. The molecule has 0 amide bonds. The van der Waals surface area contributed by atoms with E-state index in [2.05, 4.69) is 31.4 Å². The van der Waals surface area contributed by atoms with Gasteiger partial charge >= 0.3 is 0 Å². The van der Waals surface area contributed by atoms with Crippen LogP contribution in [0.2, 0.25) is 0 Å². The van der Waals surface area contributed by atoms with Crippen molar-refractivity contribution in [3.63, 3.8) is 0 Å². The fourth-order valence-corrected chi connectivity index (χ4v) is 1.93. The summed E-state index contributed by atoms with van der Waals surface area (Å²) in [5.41, 5.74) is 0. The van der Waals surface area contributed by atoms with Gasteiger partial charge in [0.15, 0.2) is 10.4 Å². The average molecular weight is 300 g/mol. The van der Waals surface area contributed by atoms with E-state index < -0.39 is 0 Å². The minimum absolute atomic E-state index is 0.177. The zero-order chi connectivity index (χ0) is 11.7. The highest BCUT2D eigenvalue weighted by Crippen LogP contribution is 2.24. The Labute approximate surface area is 105 Å². The van der Waals surface area contributed by atoms with Gasteiger partial charge in [-0.2, -0.15) is 4.98 Å². The molecule has 0 saturated carbocycles. The van der Waals surface area contributed by atoms with E-state index >= 15 is 0 Å². The number of furan rings is 1. The fourth-order valence-electron chi connectivity index (χ4n) is 1.62. The molecule has 1 fully saturated rings. The molecule has 1 aliphatic heterocycles. The summed E-state index contributed by atoms with van der Waals surface area (Å²) in [5, 5.41) is 7.07. The number of hydrogen-bond acceptors (Lipinski definition) is 6. The Morgan fingerprint density at radius 3 is 3.06 bits per heavy atom. The van der Waals surface area contributed by atoms with Crippen molar-refractivity contribution < 1.29 is 13.7 Å². The first-order valence-electron chi connectivity index (χ1n) is 5.24. The molecule has 90 valence electrons. The Balaban J connectivity index is 1.82. The molecule has 6 nitrogen and oxygen atoms in total. The molecule has 0 aliphatic carbocycles. The average Bonchev–Trinajstić information content (AvgIpc) is 2.98. The summed E-state index contributed by atoms with van der Waals surface area (Å²) in [7, 11) is 0. The third-order valence-electron chi connectivity index (χ3n) is 2.44. The van der Waals surface area contributed by atoms with E-state index in [-0.39, 0.29) is 6.10 Å². The second-order valence-corrected chi connectivity index (χ2v) is 4.41. The Bertz CT molecular complexity index is 504. The minimum atomic E-state index is -0.177. The molecule has 17 heavy (non-hydrogen) atoms. The molecular formula is C10H10BrN3O3. The first-order valence-corrected chi connectivity index (χ1v) is 6.04. The molecule has 7 heteroatoms. The summed E-state index contributed by atoms with van der Waals surface area (Å²) in [5.74, 6) is 1.47. The second kappa shape index (κ2) is 4.59. The smallest absolute Gasteiger partial charge is 0.257 e. The number of nitrogens with zero attached hydrogens (tertiary/aromatic N) is 2. The Hall–Kier alpha value is -1.18. The Morgan fingerprint density at radius 1 is 1.41 bits per heavy atom. The van der Waals surface area contributed by atoms with E-state index in [1.165, 1.54) is 0 Å². The second-order valence-electron chi connectivity index (χ2n) is 3.62. The number of hydrogen-bond donors (Lipinski definition) is 1. The lowest BCUT2D eigenvalue weighted by atomic mass is 10.3. The van der Waals surface area contributed by atoms with Gasteiger partial charge in [0, 0.05) is 13.1 Å². The highest BCUT2D eigenvalue weighted by Gasteiger charge is 2.23. The van der Waals surface area contributed by atoms with Crippen molar-refractivity contribution in [1.82, 2.24) is 15.5 Å². The summed E-state index contributed by atoms with van der Waals surface area (Å²) in [6.45, 7) is 2.18. The van der Waals surface area contributed by atoms with Crippen molar-refractivity contribution in [1.29, 1.82) is 0 Å². The van der Waals surface area contributed by atoms with Gasteiger partial charge in [-0.1, -0.05) is 5.16 Å². The maximum atomic E-state index is 5.52. The number of nitrogens with one attached hydrogen (secondary N) is 1. The van der Waals surface area contributed by atoms with E-state index in [1.807, 2.05) is 0 Å². The van der Waals surface area contributed by atoms with Gasteiger partial charge in [0.25, 0.3) is 5.89 Å². The van der Waals surface area contributed by atoms with Gasteiger partial charge in [0.1, 0.15) is 6.10 Å². The van der Waals surface area contributed by atoms with Crippen LogP contribution in [0.1, 0.15) is 12.0 Å². The predicted octanol–water partition coefficient (Wildman–Crippen LogP) is 1.75. The number of ether oxygens (including phenoxy) is 1. The normalized spacial score (nSPS) is 20.6. The maximum absolute atomic E-state index is 5.52. The molecule has 2 aromatic rings. The van der Waals surface area contributed by atoms with Crippen LogP contribution in [-0.4, -0.2) is 29.8 Å². The van der Waals surface area contributed by atoms with E-state index in [9.17, 15) is 0 Å². The van der Waals surface area contributed by atoms with Crippen LogP contribution in [0, 0.1) is 0 Å². The van der Waals surface area contributed by atoms with Gasteiger partial charge in [-0.05, 0) is 28.1 Å². The molecule has 3 heterocycles. The number of aromatic nitrogens is 2. The van der Waals surface area contributed by atoms with E-state index in [0.717, 1.165) is 6.54 Å². The highest BCUT2D eigenvalue weighted by atomic mass is 79.9. The van der Waals surface area contributed by atoms with Gasteiger partial charge < -0.3 is 19.0 Å². The van der Waals surface area contributed by atoms with Crippen LogP contribution >= 0.6 is 15.9 Å². The van der Waals surface area contributed by atoms with Crippen LogP contribution in [0.4, 0.5) is 0 Å². The molecule has 2 aromatic heterocycles. The fraction of sp³-hybridized carbons (Fsp3) is 0.400.